The first kappa shape index (κ1) is 19.3. The minimum Gasteiger partial charge on any atom is -0.480 e. The molecule has 0 aromatic heterocycles. The summed E-state index contributed by atoms with van der Waals surface area (Å²) in [7, 11) is 0. The maximum Gasteiger partial charge on any atom is 0.327 e. The normalized spacial score (nSPS) is 11.8. The monoisotopic (exact) mass is 377 g/mol. The number of carboxylic acid groups (broad SMARTS) is 1. The Kier molecular flexibility index (Phi) is 6.17. The third-order valence-electron chi connectivity index (χ3n) is 4.51. The van der Waals surface area contributed by atoms with Crippen molar-refractivity contribution in [3.05, 3.63) is 107 Å². The number of benzene rings is 3. The summed E-state index contributed by atoms with van der Waals surface area (Å²) in [6.45, 7) is 0. The molecule has 0 aliphatic heterocycles. The Labute approximate surface area is 162 Å². The standard InChI is InChI=1S/C23H20FNO3/c24-19-13-11-16(12-14-19)15-20(26)25-22(23(27)28)21(17-7-3-1-4-8-17)18-9-5-2-6-10-18/h1-14,21-22H,15H2,(H,25,26)(H,27,28)/t22-/m0/s1. The van der Waals surface area contributed by atoms with Gasteiger partial charge in [-0.05, 0) is 28.8 Å². The molecule has 0 heterocycles. The Morgan fingerprint density at radius 3 is 1.79 bits per heavy atom. The number of aliphatic carboxylic acids is 1. The molecule has 1 atom stereocenters. The highest BCUT2D eigenvalue weighted by atomic mass is 19.1. The van der Waals surface area contributed by atoms with E-state index in [1.54, 1.807) is 0 Å². The average Bonchev–Trinajstić information content (AvgIpc) is 2.71. The first-order valence-corrected chi connectivity index (χ1v) is 8.91. The summed E-state index contributed by atoms with van der Waals surface area (Å²) < 4.78 is 13.0. The van der Waals surface area contributed by atoms with Crippen LogP contribution in [0.5, 0.6) is 0 Å². The number of hydrogen-bond donors (Lipinski definition) is 2. The van der Waals surface area contributed by atoms with Gasteiger partial charge in [-0.2, -0.15) is 0 Å². The lowest BCUT2D eigenvalue weighted by atomic mass is 9.85. The van der Waals surface area contributed by atoms with E-state index in [4.69, 9.17) is 0 Å². The quantitative estimate of drug-likeness (QED) is 0.659. The predicted octanol–water partition coefficient (Wildman–Crippen LogP) is 3.77. The molecule has 5 heteroatoms. The van der Waals surface area contributed by atoms with Crippen molar-refractivity contribution in [3.63, 3.8) is 0 Å². The van der Waals surface area contributed by atoms with Gasteiger partial charge >= 0.3 is 5.97 Å². The molecule has 1 amide bonds. The van der Waals surface area contributed by atoms with Crippen LogP contribution in [-0.4, -0.2) is 23.0 Å². The van der Waals surface area contributed by atoms with Crippen LogP contribution in [0.25, 0.3) is 0 Å². The van der Waals surface area contributed by atoms with Gasteiger partial charge < -0.3 is 10.4 Å². The van der Waals surface area contributed by atoms with Gasteiger partial charge in [0.25, 0.3) is 0 Å². The van der Waals surface area contributed by atoms with Crippen LogP contribution in [0.2, 0.25) is 0 Å². The van der Waals surface area contributed by atoms with Crippen LogP contribution >= 0.6 is 0 Å². The van der Waals surface area contributed by atoms with Crippen molar-refractivity contribution >= 4 is 11.9 Å². The van der Waals surface area contributed by atoms with Crippen molar-refractivity contribution in [2.45, 2.75) is 18.4 Å². The van der Waals surface area contributed by atoms with Gasteiger partial charge in [-0.1, -0.05) is 72.8 Å². The lowest BCUT2D eigenvalue weighted by molar-refractivity contribution is -0.142. The maximum absolute atomic E-state index is 13.0. The van der Waals surface area contributed by atoms with Crippen molar-refractivity contribution in [2.24, 2.45) is 0 Å². The van der Waals surface area contributed by atoms with Crippen molar-refractivity contribution < 1.29 is 19.1 Å². The lowest BCUT2D eigenvalue weighted by Crippen LogP contribution is -2.46. The van der Waals surface area contributed by atoms with Crippen LogP contribution in [0.15, 0.2) is 84.9 Å². The van der Waals surface area contributed by atoms with Gasteiger partial charge in [0.2, 0.25) is 5.91 Å². The molecule has 3 aromatic rings. The lowest BCUT2D eigenvalue weighted by Gasteiger charge is -2.26. The van der Waals surface area contributed by atoms with Gasteiger partial charge in [-0.25, -0.2) is 9.18 Å². The van der Waals surface area contributed by atoms with Crippen LogP contribution in [0, 0.1) is 5.82 Å². The molecule has 4 nitrogen and oxygen atoms in total. The van der Waals surface area contributed by atoms with Crippen molar-refractivity contribution in [2.75, 3.05) is 0 Å². The largest absolute Gasteiger partial charge is 0.480 e. The number of rotatable bonds is 7. The number of carbonyl (C=O) groups is 2. The molecule has 0 unspecified atom stereocenters. The summed E-state index contributed by atoms with van der Waals surface area (Å²) in [5, 5.41) is 12.5. The van der Waals surface area contributed by atoms with Gasteiger partial charge in [0.1, 0.15) is 11.9 Å². The summed E-state index contributed by atoms with van der Waals surface area (Å²) in [5.41, 5.74) is 2.20. The molecule has 0 aliphatic carbocycles. The summed E-state index contributed by atoms with van der Waals surface area (Å²) in [4.78, 5) is 24.6. The Bertz CT molecular complexity index is 888. The van der Waals surface area contributed by atoms with E-state index in [1.807, 2.05) is 60.7 Å². The highest BCUT2D eigenvalue weighted by Gasteiger charge is 2.32. The number of halogens is 1. The third-order valence-corrected chi connectivity index (χ3v) is 4.51. The number of nitrogens with one attached hydrogen (secondary N) is 1. The van der Waals surface area contributed by atoms with E-state index in [2.05, 4.69) is 5.32 Å². The van der Waals surface area contributed by atoms with Gasteiger partial charge in [-0.3, -0.25) is 4.79 Å². The summed E-state index contributed by atoms with van der Waals surface area (Å²) in [6, 6.07) is 22.9. The Hall–Kier alpha value is -3.47. The zero-order valence-electron chi connectivity index (χ0n) is 15.1. The van der Waals surface area contributed by atoms with E-state index in [0.717, 1.165) is 11.1 Å². The Morgan fingerprint density at radius 1 is 0.821 bits per heavy atom. The maximum atomic E-state index is 13.0. The highest BCUT2D eigenvalue weighted by Crippen LogP contribution is 2.28. The van der Waals surface area contributed by atoms with E-state index in [9.17, 15) is 19.1 Å². The van der Waals surface area contributed by atoms with E-state index < -0.39 is 23.8 Å². The number of amides is 1. The smallest absolute Gasteiger partial charge is 0.327 e. The fourth-order valence-corrected chi connectivity index (χ4v) is 3.20. The average molecular weight is 377 g/mol. The molecule has 0 fully saturated rings. The molecule has 142 valence electrons. The van der Waals surface area contributed by atoms with Gasteiger partial charge in [0, 0.05) is 5.92 Å². The highest BCUT2D eigenvalue weighted by molar-refractivity contribution is 5.86. The van der Waals surface area contributed by atoms with Gasteiger partial charge in [-0.15, -0.1) is 0 Å². The zero-order chi connectivity index (χ0) is 19.9. The van der Waals surface area contributed by atoms with Crippen LogP contribution < -0.4 is 5.32 Å². The molecular weight excluding hydrogens is 357 g/mol. The molecule has 0 bridgehead atoms. The topological polar surface area (TPSA) is 66.4 Å². The van der Waals surface area contributed by atoms with Crippen LogP contribution in [0.3, 0.4) is 0 Å². The van der Waals surface area contributed by atoms with E-state index in [-0.39, 0.29) is 12.2 Å². The number of hydrogen-bond acceptors (Lipinski definition) is 2. The van der Waals surface area contributed by atoms with E-state index in [0.29, 0.717) is 5.56 Å². The van der Waals surface area contributed by atoms with Crippen molar-refractivity contribution in [1.29, 1.82) is 0 Å². The summed E-state index contributed by atoms with van der Waals surface area (Å²) in [6.07, 6.45) is -0.0274. The first-order chi connectivity index (χ1) is 13.5. The fraction of sp³-hybridized carbons (Fsp3) is 0.130. The molecule has 0 saturated heterocycles. The molecule has 0 saturated carbocycles. The van der Waals surface area contributed by atoms with Gasteiger partial charge in [0.15, 0.2) is 0 Å². The second-order valence-corrected chi connectivity index (χ2v) is 6.49. The number of carboxylic acids is 1. The molecule has 0 radical (unpaired) electrons. The predicted molar refractivity (Wildman–Crippen MR) is 104 cm³/mol. The van der Waals surface area contributed by atoms with Crippen molar-refractivity contribution in [1.82, 2.24) is 5.32 Å². The minimum atomic E-state index is -1.14. The fourth-order valence-electron chi connectivity index (χ4n) is 3.20. The second kappa shape index (κ2) is 8.95. The second-order valence-electron chi connectivity index (χ2n) is 6.49. The summed E-state index contributed by atoms with van der Waals surface area (Å²) >= 11 is 0. The van der Waals surface area contributed by atoms with Crippen molar-refractivity contribution in [3.8, 4) is 0 Å². The summed E-state index contributed by atoms with van der Waals surface area (Å²) in [5.74, 6) is -2.49. The third kappa shape index (κ3) is 4.82. The Balaban J connectivity index is 1.87. The molecule has 2 N–H and O–H groups in total. The molecule has 0 spiro atoms. The molecule has 0 aliphatic rings. The van der Waals surface area contributed by atoms with Crippen LogP contribution in [0.4, 0.5) is 4.39 Å². The molecule has 3 rings (SSSR count). The number of carbonyl (C=O) groups excluding carboxylic acids is 1. The SMILES string of the molecule is O=C(Cc1ccc(F)cc1)N[C@H](C(=O)O)C(c1ccccc1)c1ccccc1. The Morgan fingerprint density at radius 2 is 1.32 bits per heavy atom. The van der Waals surface area contributed by atoms with Crippen LogP contribution in [-0.2, 0) is 16.0 Å². The molecule has 28 heavy (non-hydrogen) atoms. The van der Waals surface area contributed by atoms with E-state index in [1.165, 1.54) is 24.3 Å². The van der Waals surface area contributed by atoms with Crippen LogP contribution in [0.1, 0.15) is 22.6 Å². The van der Waals surface area contributed by atoms with E-state index >= 15 is 0 Å². The minimum absolute atomic E-state index is 0.0274. The molecular formula is C23H20FNO3. The first-order valence-electron chi connectivity index (χ1n) is 8.91. The van der Waals surface area contributed by atoms with Gasteiger partial charge in [0.05, 0.1) is 6.42 Å². The molecule has 3 aromatic carbocycles. The zero-order valence-corrected chi connectivity index (χ0v) is 15.1.